The normalized spacial score (nSPS) is 10.9. The van der Waals surface area contributed by atoms with Gasteiger partial charge in [-0.1, -0.05) is 47.3 Å². The van der Waals surface area contributed by atoms with E-state index in [0.29, 0.717) is 16.6 Å². The number of hydrogen-bond acceptors (Lipinski definition) is 6. The Hall–Kier alpha value is -3.52. The summed E-state index contributed by atoms with van der Waals surface area (Å²) in [6.45, 7) is 7.84. The first-order chi connectivity index (χ1) is 15.4. The third-order valence-corrected chi connectivity index (χ3v) is 5.78. The fourth-order valence-corrected chi connectivity index (χ4v) is 4.27. The van der Waals surface area contributed by atoms with Gasteiger partial charge >= 0.3 is 0 Å². The largest absolute Gasteiger partial charge is 0.320 e. The number of anilines is 1. The van der Waals surface area contributed by atoms with E-state index in [4.69, 9.17) is 0 Å². The van der Waals surface area contributed by atoms with Gasteiger partial charge in [0.25, 0.3) is 5.91 Å². The van der Waals surface area contributed by atoms with E-state index in [0.717, 1.165) is 33.9 Å². The second kappa shape index (κ2) is 9.32. The van der Waals surface area contributed by atoms with Gasteiger partial charge < -0.3 is 5.32 Å². The highest BCUT2D eigenvalue weighted by molar-refractivity contribution is 7.98. The first kappa shape index (κ1) is 21.7. The van der Waals surface area contributed by atoms with E-state index in [1.807, 2.05) is 82.3 Å². The SMILES string of the molecule is Cc1ccc(C)c(NC(=O)c2nnn(-c3ccccc3)c2CSc2nc(C)cc(C)n2)c1. The van der Waals surface area contributed by atoms with Crippen molar-refractivity contribution in [1.82, 2.24) is 25.0 Å². The zero-order valence-electron chi connectivity index (χ0n) is 18.5. The molecule has 2 heterocycles. The van der Waals surface area contributed by atoms with E-state index in [1.165, 1.54) is 11.8 Å². The van der Waals surface area contributed by atoms with Gasteiger partial charge in [0.2, 0.25) is 0 Å². The summed E-state index contributed by atoms with van der Waals surface area (Å²) in [4.78, 5) is 22.2. The smallest absolute Gasteiger partial charge is 0.278 e. The van der Waals surface area contributed by atoms with Gasteiger partial charge in [-0.2, -0.15) is 0 Å². The number of hydrogen-bond donors (Lipinski definition) is 1. The molecule has 1 amide bonds. The summed E-state index contributed by atoms with van der Waals surface area (Å²) in [6, 6.07) is 17.5. The molecule has 0 fully saturated rings. The Bertz CT molecular complexity index is 1250. The second-order valence-electron chi connectivity index (χ2n) is 7.63. The molecule has 0 unspecified atom stereocenters. The lowest BCUT2D eigenvalue weighted by molar-refractivity contribution is 0.102. The van der Waals surface area contributed by atoms with Gasteiger partial charge in [0.1, 0.15) is 0 Å². The van der Waals surface area contributed by atoms with E-state index in [2.05, 4.69) is 25.6 Å². The van der Waals surface area contributed by atoms with Crippen LogP contribution in [0.2, 0.25) is 0 Å². The van der Waals surface area contributed by atoms with Gasteiger partial charge in [-0.3, -0.25) is 4.79 Å². The van der Waals surface area contributed by atoms with E-state index >= 15 is 0 Å². The van der Waals surface area contributed by atoms with Crippen LogP contribution in [0.4, 0.5) is 5.69 Å². The molecular formula is C24H24N6OS. The highest BCUT2D eigenvalue weighted by Gasteiger charge is 2.22. The van der Waals surface area contributed by atoms with Gasteiger partial charge in [-0.25, -0.2) is 14.6 Å². The van der Waals surface area contributed by atoms with Gasteiger partial charge in [0, 0.05) is 22.8 Å². The maximum Gasteiger partial charge on any atom is 0.278 e. The van der Waals surface area contributed by atoms with Crippen LogP contribution in [0.1, 0.15) is 38.7 Å². The average Bonchev–Trinajstić information content (AvgIpc) is 3.19. The first-order valence-corrected chi connectivity index (χ1v) is 11.2. The molecule has 0 radical (unpaired) electrons. The Morgan fingerprint density at radius 3 is 2.41 bits per heavy atom. The van der Waals surface area contributed by atoms with E-state index in [-0.39, 0.29) is 11.6 Å². The Morgan fingerprint density at radius 2 is 1.69 bits per heavy atom. The molecule has 0 saturated heterocycles. The Labute approximate surface area is 191 Å². The minimum absolute atomic E-state index is 0.284. The maximum atomic E-state index is 13.2. The van der Waals surface area contributed by atoms with Crippen LogP contribution in [-0.2, 0) is 5.75 Å². The van der Waals surface area contributed by atoms with Crippen LogP contribution >= 0.6 is 11.8 Å². The van der Waals surface area contributed by atoms with Crippen molar-refractivity contribution in [3.63, 3.8) is 0 Å². The molecule has 4 rings (SSSR count). The van der Waals surface area contributed by atoms with Crippen molar-refractivity contribution >= 4 is 23.4 Å². The lowest BCUT2D eigenvalue weighted by Crippen LogP contribution is -2.16. The van der Waals surface area contributed by atoms with Crippen molar-refractivity contribution in [3.8, 4) is 5.69 Å². The molecule has 32 heavy (non-hydrogen) atoms. The van der Waals surface area contributed by atoms with Gasteiger partial charge in [-0.05, 0) is 63.1 Å². The van der Waals surface area contributed by atoms with Crippen LogP contribution in [0, 0.1) is 27.7 Å². The number of amides is 1. The van der Waals surface area contributed by atoms with Crippen LogP contribution in [0.5, 0.6) is 0 Å². The Balaban J connectivity index is 1.68. The minimum Gasteiger partial charge on any atom is -0.320 e. The highest BCUT2D eigenvalue weighted by atomic mass is 32.2. The lowest BCUT2D eigenvalue weighted by Gasteiger charge is -2.10. The second-order valence-corrected chi connectivity index (χ2v) is 8.57. The molecule has 2 aromatic heterocycles. The minimum atomic E-state index is -0.294. The fourth-order valence-electron chi connectivity index (χ4n) is 3.33. The summed E-state index contributed by atoms with van der Waals surface area (Å²) in [6.07, 6.45) is 0. The summed E-state index contributed by atoms with van der Waals surface area (Å²) in [5.74, 6) is 0.151. The van der Waals surface area contributed by atoms with Gasteiger partial charge in [0.15, 0.2) is 10.9 Å². The Kier molecular flexibility index (Phi) is 6.32. The third kappa shape index (κ3) is 4.86. The van der Waals surface area contributed by atoms with E-state index in [1.54, 1.807) is 4.68 Å². The molecule has 4 aromatic rings. The number of nitrogens with one attached hydrogen (secondary N) is 1. The molecule has 0 saturated carbocycles. The molecule has 0 bridgehead atoms. The predicted molar refractivity (Wildman–Crippen MR) is 126 cm³/mol. The molecule has 0 aliphatic rings. The summed E-state index contributed by atoms with van der Waals surface area (Å²) in [7, 11) is 0. The van der Waals surface area contributed by atoms with Crippen molar-refractivity contribution in [2.45, 2.75) is 38.6 Å². The third-order valence-electron chi connectivity index (χ3n) is 4.92. The molecule has 8 heteroatoms. The number of aryl methyl sites for hydroxylation is 4. The molecule has 7 nitrogen and oxygen atoms in total. The maximum absolute atomic E-state index is 13.2. The number of nitrogens with zero attached hydrogens (tertiary/aromatic N) is 5. The van der Waals surface area contributed by atoms with Crippen molar-refractivity contribution in [3.05, 3.63) is 88.5 Å². The van der Waals surface area contributed by atoms with Crippen LogP contribution in [0.3, 0.4) is 0 Å². The zero-order valence-corrected chi connectivity index (χ0v) is 19.3. The number of carbonyl (C=O) groups excluding carboxylic acids is 1. The number of thioether (sulfide) groups is 1. The molecule has 0 atom stereocenters. The average molecular weight is 445 g/mol. The number of rotatable bonds is 6. The van der Waals surface area contributed by atoms with Crippen molar-refractivity contribution < 1.29 is 4.79 Å². The van der Waals surface area contributed by atoms with Crippen LogP contribution in [0.25, 0.3) is 5.69 Å². The molecular weight excluding hydrogens is 420 g/mol. The lowest BCUT2D eigenvalue weighted by atomic mass is 10.1. The molecule has 0 spiro atoms. The molecule has 1 N–H and O–H groups in total. The molecule has 2 aromatic carbocycles. The fraction of sp³-hybridized carbons (Fsp3) is 0.208. The van der Waals surface area contributed by atoms with Gasteiger partial charge in [-0.15, -0.1) is 5.10 Å². The van der Waals surface area contributed by atoms with Crippen LogP contribution < -0.4 is 5.32 Å². The van der Waals surface area contributed by atoms with Crippen molar-refractivity contribution in [2.24, 2.45) is 0 Å². The summed E-state index contributed by atoms with van der Waals surface area (Å²) < 4.78 is 1.70. The summed E-state index contributed by atoms with van der Waals surface area (Å²) in [5, 5.41) is 12.2. The van der Waals surface area contributed by atoms with E-state index < -0.39 is 0 Å². The molecule has 0 aliphatic heterocycles. The standard InChI is InChI=1S/C24H24N6OS/c1-15-10-11-16(2)20(12-15)27-23(31)22-21(14-32-24-25-17(3)13-18(4)26-24)30(29-28-22)19-8-6-5-7-9-19/h5-13H,14H2,1-4H3,(H,27,31). The van der Waals surface area contributed by atoms with Crippen molar-refractivity contribution in [1.29, 1.82) is 0 Å². The highest BCUT2D eigenvalue weighted by Crippen LogP contribution is 2.25. The topological polar surface area (TPSA) is 85.6 Å². The predicted octanol–water partition coefficient (Wildman–Crippen LogP) is 4.84. The number of para-hydroxylation sites is 1. The molecule has 162 valence electrons. The summed E-state index contributed by atoms with van der Waals surface area (Å²) >= 11 is 1.46. The first-order valence-electron chi connectivity index (χ1n) is 10.2. The number of carbonyl (C=O) groups is 1. The van der Waals surface area contributed by atoms with Crippen LogP contribution in [-0.4, -0.2) is 30.9 Å². The molecule has 0 aliphatic carbocycles. The zero-order chi connectivity index (χ0) is 22.7. The van der Waals surface area contributed by atoms with Crippen LogP contribution in [0.15, 0.2) is 59.8 Å². The Morgan fingerprint density at radius 1 is 0.969 bits per heavy atom. The van der Waals surface area contributed by atoms with E-state index in [9.17, 15) is 4.79 Å². The summed E-state index contributed by atoms with van der Waals surface area (Å²) in [5.41, 5.74) is 6.44. The van der Waals surface area contributed by atoms with Gasteiger partial charge in [0.05, 0.1) is 11.4 Å². The monoisotopic (exact) mass is 444 g/mol. The number of aromatic nitrogens is 5. The number of benzene rings is 2. The van der Waals surface area contributed by atoms with Crippen molar-refractivity contribution in [2.75, 3.05) is 5.32 Å². The quantitative estimate of drug-likeness (QED) is 0.338.